The number of fused-ring (bicyclic) bond motifs is 1. The lowest BCUT2D eigenvalue weighted by Gasteiger charge is -2.22. The van der Waals surface area contributed by atoms with Gasteiger partial charge in [-0.25, -0.2) is 8.78 Å². The monoisotopic (exact) mass is 351 g/mol. The molecule has 0 amide bonds. The average molecular weight is 352 g/mol. The van der Waals surface area contributed by atoms with E-state index in [1.807, 2.05) is 12.1 Å². The fraction of sp³-hybridized carbons (Fsp3) is 0.294. The highest BCUT2D eigenvalue weighted by atomic mass is 79.9. The molecule has 1 atom stereocenters. The zero-order valence-electron chi connectivity index (χ0n) is 11.5. The van der Waals surface area contributed by atoms with Crippen molar-refractivity contribution in [1.82, 2.24) is 0 Å². The van der Waals surface area contributed by atoms with E-state index in [-0.39, 0.29) is 6.04 Å². The molecule has 0 fully saturated rings. The van der Waals surface area contributed by atoms with Crippen molar-refractivity contribution in [3.05, 3.63) is 63.6 Å². The highest BCUT2D eigenvalue weighted by molar-refractivity contribution is 9.10. The van der Waals surface area contributed by atoms with Crippen LogP contribution >= 0.6 is 15.9 Å². The SMILES string of the molecule is Fc1cc(F)c(NC2CCCCc3ccccc32)c(Br)c1. The molecule has 21 heavy (non-hydrogen) atoms. The second kappa shape index (κ2) is 6.14. The largest absolute Gasteiger partial charge is 0.375 e. The zero-order chi connectivity index (χ0) is 14.8. The maximum absolute atomic E-state index is 14.0. The maximum atomic E-state index is 14.0. The molecule has 0 saturated carbocycles. The summed E-state index contributed by atoms with van der Waals surface area (Å²) >= 11 is 3.24. The number of nitrogens with one attached hydrogen (secondary N) is 1. The van der Waals surface area contributed by atoms with Crippen LogP contribution in [0.3, 0.4) is 0 Å². The van der Waals surface area contributed by atoms with Gasteiger partial charge in [-0.2, -0.15) is 0 Å². The van der Waals surface area contributed by atoms with E-state index < -0.39 is 11.6 Å². The Labute approximate surface area is 131 Å². The molecule has 1 N–H and O–H groups in total. The van der Waals surface area contributed by atoms with Gasteiger partial charge in [0.25, 0.3) is 0 Å². The Balaban J connectivity index is 1.95. The lowest BCUT2D eigenvalue weighted by atomic mass is 9.99. The van der Waals surface area contributed by atoms with Gasteiger partial charge in [-0.1, -0.05) is 30.7 Å². The van der Waals surface area contributed by atoms with Gasteiger partial charge in [0.1, 0.15) is 11.6 Å². The van der Waals surface area contributed by atoms with Crippen LogP contribution in [-0.2, 0) is 6.42 Å². The van der Waals surface area contributed by atoms with Crippen LogP contribution in [0.1, 0.15) is 36.4 Å². The van der Waals surface area contributed by atoms with E-state index in [0.29, 0.717) is 10.2 Å². The number of anilines is 1. The van der Waals surface area contributed by atoms with Gasteiger partial charge in [0.15, 0.2) is 0 Å². The summed E-state index contributed by atoms with van der Waals surface area (Å²) in [6, 6.07) is 10.5. The molecule has 0 heterocycles. The summed E-state index contributed by atoms with van der Waals surface area (Å²) in [5.41, 5.74) is 2.86. The molecule has 0 saturated heterocycles. The second-order valence-corrected chi connectivity index (χ2v) is 6.24. The van der Waals surface area contributed by atoms with Crippen LogP contribution in [0.25, 0.3) is 0 Å². The van der Waals surface area contributed by atoms with E-state index in [2.05, 4.69) is 33.4 Å². The Morgan fingerprint density at radius 3 is 2.71 bits per heavy atom. The molecule has 0 radical (unpaired) electrons. The summed E-state index contributed by atoms with van der Waals surface area (Å²) < 4.78 is 27.6. The minimum absolute atomic E-state index is 0.0555. The Morgan fingerprint density at radius 2 is 1.90 bits per heavy atom. The third kappa shape index (κ3) is 3.10. The van der Waals surface area contributed by atoms with E-state index in [9.17, 15) is 8.78 Å². The predicted molar refractivity (Wildman–Crippen MR) is 84.4 cm³/mol. The van der Waals surface area contributed by atoms with Gasteiger partial charge in [0, 0.05) is 10.5 Å². The van der Waals surface area contributed by atoms with Crippen molar-refractivity contribution in [3.63, 3.8) is 0 Å². The van der Waals surface area contributed by atoms with Crippen molar-refractivity contribution in [1.29, 1.82) is 0 Å². The van der Waals surface area contributed by atoms with Gasteiger partial charge in [-0.05, 0) is 52.4 Å². The minimum atomic E-state index is -0.578. The quantitative estimate of drug-likeness (QED) is 0.693. The summed E-state index contributed by atoms with van der Waals surface area (Å²) in [5, 5.41) is 3.25. The van der Waals surface area contributed by atoms with Crippen molar-refractivity contribution in [3.8, 4) is 0 Å². The van der Waals surface area contributed by atoms with Crippen molar-refractivity contribution in [2.24, 2.45) is 0 Å². The van der Waals surface area contributed by atoms with Crippen molar-refractivity contribution in [2.75, 3.05) is 5.32 Å². The fourth-order valence-corrected chi connectivity index (χ4v) is 3.45. The summed E-state index contributed by atoms with van der Waals surface area (Å²) in [7, 11) is 0. The third-order valence-corrected chi connectivity index (χ3v) is 4.57. The second-order valence-electron chi connectivity index (χ2n) is 5.39. The number of benzene rings is 2. The van der Waals surface area contributed by atoms with Crippen LogP contribution in [-0.4, -0.2) is 0 Å². The van der Waals surface area contributed by atoms with Crippen LogP contribution in [0.15, 0.2) is 40.9 Å². The average Bonchev–Trinajstić information content (AvgIpc) is 2.65. The van der Waals surface area contributed by atoms with Crippen LogP contribution in [0.4, 0.5) is 14.5 Å². The summed E-state index contributed by atoms with van der Waals surface area (Å²) in [4.78, 5) is 0. The number of hydrogen-bond acceptors (Lipinski definition) is 1. The topological polar surface area (TPSA) is 12.0 Å². The molecule has 110 valence electrons. The van der Waals surface area contributed by atoms with Gasteiger partial charge < -0.3 is 5.32 Å². The molecule has 4 heteroatoms. The van der Waals surface area contributed by atoms with Crippen molar-refractivity contribution >= 4 is 21.6 Å². The highest BCUT2D eigenvalue weighted by Gasteiger charge is 2.20. The zero-order valence-corrected chi connectivity index (χ0v) is 13.1. The Hall–Kier alpha value is -1.42. The van der Waals surface area contributed by atoms with Gasteiger partial charge in [0.2, 0.25) is 0 Å². The number of rotatable bonds is 2. The number of aryl methyl sites for hydroxylation is 1. The molecular formula is C17H16BrF2N. The third-order valence-electron chi connectivity index (χ3n) is 3.94. The summed E-state index contributed by atoms with van der Waals surface area (Å²) in [5.74, 6) is -1.14. The molecule has 1 unspecified atom stereocenters. The Bertz CT molecular complexity index is 634. The first-order chi connectivity index (χ1) is 10.1. The van der Waals surface area contributed by atoms with Crippen LogP contribution in [0.5, 0.6) is 0 Å². The van der Waals surface area contributed by atoms with E-state index >= 15 is 0 Å². The normalized spacial score (nSPS) is 18.0. The molecule has 0 spiro atoms. The first-order valence-corrected chi connectivity index (χ1v) is 7.93. The number of hydrogen-bond donors (Lipinski definition) is 1. The van der Waals surface area contributed by atoms with E-state index in [1.54, 1.807) is 0 Å². The van der Waals surface area contributed by atoms with Crippen molar-refractivity contribution < 1.29 is 8.78 Å². The Morgan fingerprint density at radius 1 is 1.10 bits per heavy atom. The van der Waals surface area contributed by atoms with Gasteiger partial charge in [-0.3, -0.25) is 0 Å². The first-order valence-electron chi connectivity index (χ1n) is 7.14. The highest BCUT2D eigenvalue weighted by Crippen LogP contribution is 2.35. The molecule has 0 bridgehead atoms. The van der Waals surface area contributed by atoms with E-state index in [1.165, 1.54) is 17.2 Å². The van der Waals surface area contributed by atoms with Crippen LogP contribution in [0.2, 0.25) is 0 Å². The molecule has 1 nitrogen and oxygen atoms in total. The van der Waals surface area contributed by atoms with Gasteiger partial charge in [0.05, 0.1) is 11.7 Å². The van der Waals surface area contributed by atoms with Gasteiger partial charge in [-0.15, -0.1) is 0 Å². The molecule has 1 aliphatic carbocycles. The summed E-state index contributed by atoms with van der Waals surface area (Å²) in [6.45, 7) is 0. The molecule has 0 aliphatic heterocycles. The standard InChI is InChI=1S/C17H16BrF2N/c18-14-9-12(19)10-15(20)17(14)21-16-8-4-2-6-11-5-1-3-7-13(11)16/h1,3,5,7,9-10,16,21H,2,4,6,8H2. The molecule has 3 rings (SSSR count). The maximum Gasteiger partial charge on any atom is 0.150 e. The van der Waals surface area contributed by atoms with Crippen molar-refractivity contribution in [2.45, 2.75) is 31.7 Å². The van der Waals surface area contributed by atoms with E-state index in [0.717, 1.165) is 31.7 Å². The summed E-state index contributed by atoms with van der Waals surface area (Å²) in [6.07, 6.45) is 4.23. The molecule has 1 aliphatic rings. The predicted octanol–water partition coefficient (Wildman–Crippen LogP) is 5.61. The first kappa shape index (κ1) is 14.5. The number of halogens is 3. The lowest BCUT2D eigenvalue weighted by Crippen LogP contribution is -2.13. The van der Waals surface area contributed by atoms with E-state index in [4.69, 9.17) is 0 Å². The molecule has 0 aromatic heterocycles. The molecular weight excluding hydrogens is 336 g/mol. The fourth-order valence-electron chi connectivity index (χ4n) is 2.93. The smallest absolute Gasteiger partial charge is 0.150 e. The van der Waals surface area contributed by atoms with Crippen LogP contribution in [0, 0.1) is 11.6 Å². The van der Waals surface area contributed by atoms with Crippen LogP contribution < -0.4 is 5.32 Å². The lowest BCUT2D eigenvalue weighted by molar-refractivity contribution is 0.578. The molecule has 2 aromatic rings. The molecule has 2 aromatic carbocycles. The Kier molecular flexibility index (Phi) is 4.24. The minimum Gasteiger partial charge on any atom is -0.375 e. The van der Waals surface area contributed by atoms with Gasteiger partial charge >= 0.3 is 0 Å².